The Labute approximate surface area is 178 Å². The smallest absolute Gasteiger partial charge is 0.497 e. The largest absolute Gasteiger partial charge is 0.573 e. The lowest BCUT2D eigenvalue weighted by atomic mass is 10.0. The minimum absolute atomic E-state index is 0.130. The van der Waals surface area contributed by atoms with Crippen molar-refractivity contribution >= 4 is 11.6 Å². The zero-order valence-electron chi connectivity index (χ0n) is 16.5. The summed E-state index contributed by atoms with van der Waals surface area (Å²) in [5.74, 6) is 0.409. The highest BCUT2D eigenvalue weighted by atomic mass is 35.5. The molecule has 1 atom stereocenters. The number of alkyl halides is 3. The molecule has 0 spiro atoms. The van der Waals surface area contributed by atoms with E-state index in [0.717, 1.165) is 5.56 Å². The third kappa shape index (κ3) is 5.46. The van der Waals surface area contributed by atoms with Gasteiger partial charge in [0.05, 0.1) is 12.1 Å². The number of methoxy groups -OCH3 is 1. The SMILES string of the molecule is COc1cccc([C@@H](C)NCc2ccc(Cl)c(-c3ccccc3)c2OC(F)(F)F)c1. The first-order valence-electron chi connectivity index (χ1n) is 9.28. The molecule has 0 aliphatic rings. The Bertz CT molecular complexity index is 993. The number of ether oxygens (including phenoxy) is 2. The van der Waals surface area contributed by atoms with Crippen molar-refractivity contribution in [2.75, 3.05) is 7.11 Å². The van der Waals surface area contributed by atoms with Gasteiger partial charge in [-0.05, 0) is 36.2 Å². The topological polar surface area (TPSA) is 30.5 Å². The summed E-state index contributed by atoms with van der Waals surface area (Å²) in [5.41, 5.74) is 2.06. The van der Waals surface area contributed by atoms with Crippen LogP contribution in [0.3, 0.4) is 0 Å². The van der Waals surface area contributed by atoms with Crippen LogP contribution in [0.4, 0.5) is 13.2 Å². The Morgan fingerprint density at radius 3 is 2.40 bits per heavy atom. The van der Waals surface area contributed by atoms with Crippen LogP contribution < -0.4 is 14.8 Å². The molecule has 3 nitrogen and oxygen atoms in total. The van der Waals surface area contributed by atoms with Crippen LogP contribution in [-0.2, 0) is 6.54 Å². The number of rotatable bonds is 7. The van der Waals surface area contributed by atoms with E-state index in [2.05, 4.69) is 10.1 Å². The summed E-state index contributed by atoms with van der Waals surface area (Å²) in [4.78, 5) is 0. The average molecular weight is 436 g/mol. The van der Waals surface area contributed by atoms with Crippen LogP contribution >= 0.6 is 11.6 Å². The van der Waals surface area contributed by atoms with Gasteiger partial charge >= 0.3 is 6.36 Å². The zero-order valence-corrected chi connectivity index (χ0v) is 17.2. The van der Waals surface area contributed by atoms with Crippen molar-refractivity contribution < 1.29 is 22.6 Å². The molecular weight excluding hydrogens is 415 g/mol. The van der Waals surface area contributed by atoms with Gasteiger partial charge in [-0.15, -0.1) is 13.2 Å². The molecule has 0 fully saturated rings. The van der Waals surface area contributed by atoms with Gasteiger partial charge in [0.25, 0.3) is 0 Å². The van der Waals surface area contributed by atoms with E-state index >= 15 is 0 Å². The molecule has 0 amide bonds. The molecule has 0 saturated heterocycles. The number of benzene rings is 3. The van der Waals surface area contributed by atoms with Crippen LogP contribution in [0.1, 0.15) is 24.1 Å². The van der Waals surface area contributed by atoms with E-state index in [0.29, 0.717) is 16.9 Å². The number of nitrogens with one attached hydrogen (secondary N) is 1. The summed E-state index contributed by atoms with van der Waals surface area (Å²) >= 11 is 6.28. The first kappa shape index (κ1) is 22.0. The maximum atomic E-state index is 13.2. The standard InChI is InChI=1S/C23H21ClF3NO2/c1-15(17-9-6-10-19(13-17)29-2)28-14-18-11-12-20(24)21(16-7-4-3-5-8-16)22(18)30-23(25,26)27/h3-13,15,28H,14H2,1-2H3/t15-/m1/s1. The van der Waals surface area contributed by atoms with E-state index < -0.39 is 6.36 Å². The number of hydrogen-bond donors (Lipinski definition) is 1. The van der Waals surface area contributed by atoms with Gasteiger partial charge in [-0.2, -0.15) is 0 Å². The van der Waals surface area contributed by atoms with Gasteiger partial charge in [-0.3, -0.25) is 0 Å². The molecule has 0 bridgehead atoms. The molecule has 158 valence electrons. The number of halogens is 4. The molecule has 3 aromatic rings. The van der Waals surface area contributed by atoms with Gasteiger partial charge in [0.2, 0.25) is 0 Å². The van der Waals surface area contributed by atoms with E-state index in [4.69, 9.17) is 16.3 Å². The van der Waals surface area contributed by atoms with Crippen molar-refractivity contribution in [3.8, 4) is 22.6 Å². The average Bonchev–Trinajstić information content (AvgIpc) is 2.72. The molecule has 0 radical (unpaired) electrons. The lowest BCUT2D eigenvalue weighted by molar-refractivity contribution is -0.274. The monoisotopic (exact) mass is 435 g/mol. The van der Waals surface area contributed by atoms with Crippen LogP contribution in [0.2, 0.25) is 5.02 Å². The van der Waals surface area contributed by atoms with E-state index in [1.54, 1.807) is 49.6 Å². The Morgan fingerprint density at radius 2 is 1.73 bits per heavy atom. The summed E-state index contributed by atoms with van der Waals surface area (Å²) in [6, 6.07) is 19.1. The van der Waals surface area contributed by atoms with Crippen molar-refractivity contribution in [3.63, 3.8) is 0 Å². The third-order valence-electron chi connectivity index (χ3n) is 4.66. The van der Waals surface area contributed by atoms with Crippen molar-refractivity contribution in [2.24, 2.45) is 0 Å². The van der Waals surface area contributed by atoms with Gasteiger partial charge in [0.15, 0.2) is 0 Å². The molecule has 0 aromatic heterocycles. The second-order valence-electron chi connectivity index (χ2n) is 6.70. The molecule has 0 heterocycles. The predicted molar refractivity (Wildman–Crippen MR) is 112 cm³/mol. The molecule has 0 saturated carbocycles. The zero-order chi connectivity index (χ0) is 21.7. The molecular formula is C23H21ClF3NO2. The fourth-order valence-corrected chi connectivity index (χ4v) is 3.40. The summed E-state index contributed by atoms with van der Waals surface area (Å²) in [6.07, 6.45) is -4.85. The second kappa shape index (κ2) is 9.41. The normalized spacial score (nSPS) is 12.5. The maximum absolute atomic E-state index is 13.2. The van der Waals surface area contributed by atoms with Crippen LogP contribution in [0.15, 0.2) is 66.7 Å². The second-order valence-corrected chi connectivity index (χ2v) is 7.11. The maximum Gasteiger partial charge on any atom is 0.573 e. The van der Waals surface area contributed by atoms with Gasteiger partial charge in [-0.25, -0.2) is 0 Å². The molecule has 0 unspecified atom stereocenters. The summed E-state index contributed by atoms with van der Waals surface area (Å²) in [5, 5.41) is 3.43. The van der Waals surface area contributed by atoms with Crippen molar-refractivity contribution in [2.45, 2.75) is 25.9 Å². The highest BCUT2D eigenvalue weighted by Crippen LogP contribution is 2.41. The molecule has 7 heteroatoms. The Hall–Kier alpha value is -2.70. The third-order valence-corrected chi connectivity index (χ3v) is 4.98. The minimum Gasteiger partial charge on any atom is -0.497 e. The van der Waals surface area contributed by atoms with Crippen LogP contribution in [0, 0.1) is 0 Å². The van der Waals surface area contributed by atoms with Gasteiger partial charge in [0, 0.05) is 23.7 Å². The Morgan fingerprint density at radius 1 is 1.00 bits per heavy atom. The lowest BCUT2D eigenvalue weighted by Gasteiger charge is -2.21. The van der Waals surface area contributed by atoms with Crippen LogP contribution in [0.5, 0.6) is 11.5 Å². The molecule has 0 aliphatic carbocycles. The molecule has 1 N–H and O–H groups in total. The van der Waals surface area contributed by atoms with E-state index in [1.165, 1.54) is 0 Å². The van der Waals surface area contributed by atoms with E-state index in [-0.39, 0.29) is 28.9 Å². The summed E-state index contributed by atoms with van der Waals surface area (Å²) in [7, 11) is 1.58. The van der Waals surface area contributed by atoms with Crippen molar-refractivity contribution in [1.82, 2.24) is 5.32 Å². The Kier molecular flexibility index (Phi) is 6.90. The van der Waals surface area contributed by atoms with Crippen LogP contribution in [0.25, 0.3) is 11.1 Å². The fourth-order valence-electron chi connectivity index (χ4n) is 3.14. The minimum atomic E-state index is -4.85. The van der Waals surface area contributed by atoms with E-state index in [1.807, 2.05) is 31.2 Å². The molecule has 0 aliphatic heterocycles. The van der Waals surface area contributed by atoms with Gasteiger partial charge in [-0.1, -0.05) is 60.1 Å². The first-order chi connectivity index (χ1) is 14.3. The van der Waals surface area contributed by atoms with Crippen molar-refractivity contribution in [3.05, 3.63) is 82.9 Å². The number of hydrogen-bond acceptors (Lipinski definition) is 3. The lowest BCUT2D eigenvalue weighted by Crippen LogP contribution is -2.22. The molecule has 3 aromatic carbocycles. The van der Waals surface area contributed by atoms with Crippen LogP contribution in [-0.4, -0.2) is 13.5 Å². The van der Waals surface area contributed by atoms with Crippen molar-refractivity contribution in [1.29, 1.82) is 0 Å². The highest BCUT2D eigenvalue weighted by molar-refractivity contribution is 6.33. The molecule has 30 heavy (non-hydrogen) atoms. The summed E-state index contributed by atoms with van der Waals surface area (Å²) < 4.78 is 49.3. The first-order valence-corrected chi connectivity index (χ1v) is 9.66. The quantitative estimate of drug-likeness (QED) is 0.444. The molecule has 3 rings (SSSR count). The van der Waals surface area contributed by atoms with Gasteiger partial charge < -0.3 is 14.8 Å². The van der Waals surface area contributed by atoms with Gasteiger partial charge in [0.1, 0.15) is 11.5 Å². The van der Waals surface area contributed by atoms with E-state index in [9.17, 15) is 13.2 Å². The summed E-state index contributed by atoms with van der Waals surface area (Å²) in [6.45, 7) is 2.08. The highest BCUT2D eigenvalue weighted by Gasteiger charge is 2.34. The Balaban J connectivity index is 1.93. The fraction of sp³-hybridized carbons (Fsp3) is 0.217. The predicted octanol–water partition coefficient (Wildman–Crippen LogP) is 6.77.